The molecule has 1 aliphatic rings. The summed E-state index contributed by atoms with van der Waals surface area (Å²) < 4.78 is 6.38. The summed E-state index contributed by atoms with van der Waals surface area (Å²) in [6.45, 7) is 2.42. The number of halogens is 2. The Kier molecular flexibility index (Phi) is 6.23. The van der Waals surface area contributed by atoms with Crippen LogP contribution in [0.5, 0.6) is 5.75 Å². The minimum absolute atomic E-state index is 0.0474. The third kappa shape index (κ3) is 4.27. The molecule has 1 unspecified atom stereocenters. The summed E-state index contributed by atoms with van der Waals surface area (Å²) in [6, 6.07) is 17.8. The first-order valence-corrected chi connectivity index (χ1v) is 12.3. The summed E-state index contributed by atoms with van der Waals surface area (Å²) >= 11 is 13.5. The van der Waals surface area contributed by atoms with Gasteiger partial charge in [0.1, 0.15) is 11.5 Å². The summed E-state index contributed by atoms with van der Waals surface area (Å²) in [5.74, 6) is -1.20. The lowest BCUT2D eigenvalue weighted by Crippen LogP contribution is -2.29. The largest absolute Gasteiger partial charge is 0.507 e. The first-order valence-electron chi connectivity index (χ1n) is 10.7. The molecule has 1 fully saturated rings. The Morgan fingerprint density at radius 1 is 1.06 bits per heavy atom. The fourth-order valence-corrected chi connectivity index (χ4v) is 5.38. The van der Waals surface area contributed by atoms with Gasteiger partial charge in [-0.05, 0) is 67.1 Å². The fraction of sp³-hybridized carbons (Fsp3) is 0.115. The molecule has 176 valence electrons. The van der Waals surface area contributed by atoms with Crippen LogP contribution in [0.2, 0.25) is 10.0 Å². The zero-order valence-electron chi connectivity index (χ0n) is 18.4. The van der Waals surface area contributed by atoms with E-state index in [-0.39, 0.29) is 11.3 Å². The highest BCUT2D eigenvalue weighted by Crippen LogP contribution is 2.45. The number of fused-ring (bicyclic) bond motifs is 1. The van der Waals surface area contributed by atoms with Gasteiger partial charge in [-0.3, -0.25) is 14.5 Å². The van der Waals surface area contributed by atoms with Crippen molar-refractivity contribution in [1.82, 2.24) is 4.98 Å². The second-order valence-electron chi connectivity index (χ2n) is 7.79. The van der Waals surface area contributed by atoms with Gasteiger partial charge in [0, 0.05) is 15.6 Å². The molecular weight excluding hydrogens is 507 g/mol. The number of anilines is 1. The second kappa shape index (κ2) is 9.34. The molecule has 1 aromatic heterocycles. The summed E-state index contributed by atoms with van der Waals surface area (Å²) in [5, 5.41) is 12.4. The summed E-state index contributed by atoms with van der Waals surface area (Å²) in [5.41, 5.74) is 1.55. The van der Waals surface area contributed by atoms with Crippen molar-refractivity contribution in [3.05, 3.63) is 93.5 Å². The van der Waals surface area contributed by atoms with Gasteiger partial charge in [0.15, 0.2) is 5.13 Å². The number of nitrogens with zero attached hydrogens (tertiary/aromatic N) is 2. The maximum atomic E-state index is 13.3. The van der Waals surface area contributed by atoms with E-state index in [9.17, 15) is 14.7 Å². The molecule has 0 aliphatic carbocycles. The van der Waals surface area contributed by atoms with E-state index < -0.39 is 17.7 Å². The Balaban J connectivity index is 1.70. The van der Waals surface area contributed by atoms with Crippen LogP contribution in [0.15, 0.2) is 72.3 Å². The van der Waals surface area contributed by atoms with Gasteiger partial charge >= 0.3 is 5.91 Å². The second-order valence-corrected chi connectivity index (χ2v) is 9.67. The van der Waals surface area contributed by atoms with Crippen molar-refractivity contribution in [3.8, 4) is 5.75 Å². The van der Waals surface area contributed by atoms with E-state index in [2.05, 4.69) is 4.98 Å². The zero-order chi connectivity index (χ0) is 24.7. The van der Waals surface area contributed by atoms with Crippen LogP contribution < -0.4 is 9.64 Å². The lowest BCUT2D eigenvalue weighted by atomic mass is 9.95. The number of amides is 1. The van der Waals surface area contributed by atoms with Gasteiger partial charge in [0.05, 0.1) is 28.4 Å². The first kappa shape index (κ1) is 23.4. The predicted molar refractivity (Wildman–Crippen MR) is 138 cm³/mol. The molecule has 4 aromatic rings. The van der Waals surface area contributed by atoms with Crippen molar-refractivity contribution in [3.63, 3.8) is 0 Å². The standard InChI is InChI=1S/C26H18Cl2N2O4S/c1-2-34-18-10-11-19-20(13-18)35-26(29-19)30-22(15-4-3-5-17(28)12-15)21(24(32)25(30)33)23(31)14-6-8-16(27)9-7-14/h3-13,22,31H,2H2,1H3/b23-21+. The fourth-order valence-electron chi connectivity index (χ4n) is 4.04. The quantitative estimate of drug-likeness (QED) is 0.180. The lowest BCUT2D eigenvalue weighted by molar-refractivity contribution is -0.132. The van der Waals surface area contributed by atoms with Crippen LogP contribution in [0.25, 0.3) is 16.0 Å². The number of aromatic nitrogens is 1. The minimum Gasteiger partial charge on any atom is -0.507 e. The van der Waals surface area contributed by atoms with E-state index in [1.165, 1.54) is 16.2 Å². The molecule has 1 atom stereocenters. The van der Waals surface area contributed by atoms with Crippen molar-refractivity contribution < 1.29 is 19.4 Å². The van der Waals surface area contributed by atoms with E-state index >= 15 is 0 Å². The summed E-state index contributed by atoms with van der Waals surface area (Å²) in [4.78, 5) is 32.6. The van der Waals surface area contributed by atoms with Crippen LogP contribution in [0.3, 0.4) is 0 Å². The number of thiazole rings is 1. The Labute approximate surface area is 215 Å². The Morgan fingerprint density at radius 2 is 1.83 bits per heavy atom. The van der Waals surface area contributed by atoms with Crippen LogP contribution in [0.1, 0.15) is 24.1 Å². The monoisotopic (exact) mass is 524 g/mol. The van der Waals surface area contributed by atoms with Crippen LogP contribution >= 0.6 is 34.5 Å². The number of aliphatic hydroxyl groups excluding tert-OH is 1. The minimum atomic E-state index is -0.920. The molecule has 5 rings (SSSR count). The normalized spacial score (nSPS) is 17.3. The molecule has 3 aromatic carbocycles. The molecule has 9 heteroatoms. The van der Waals surface area contributed by atoms with E-state index in [0.717, 1.165) is 4.70 Å². The third-order valence-corrected chi connectivity index (χ3v) is 7.10. The number of ketones is 1. The molecule has 2 heterocycles. The van der Waals surface area contributed by atoms with E-state index in [1.807, 2.05) is 13.0 Å². The van der Waals surface area contributed by atoms with Crippen molar-refractivity contribution in [1.29, 1.82) is 0 Å². The van der Waals surface area contributed by atoms with Crippen molar-refractivity contribution in [2.45, 2.75) is 13.0 Å². The molecule has 6 nitrogen and oxygen atoms in total. The predicted octanol–water partition coefficient (Wildman–Crippen LogP) is 6.63. The number of aliphatic hydroxyl groups is 1. The average Bonchev–Trinajstić information content (AvgIpc) is 3.37. The highest BCUT2D eigenvalue weighted by atomic mass is 35.5. The topological polar surface area (TPSA) is 79.7 Å². The summed E-state index contributed by atoms with van der Waals surface area (Å²) in [7, 11) is 0. The maximum Gasteiger partial charge on any atom is 0.301 e. The maximum absolute atomic E-state index is 13.3. The Bertz CT molecular complexity index is 1500. The zero-order valence-corrected chi connectivity index (χ0v) is 20.7. The third-order valence-electron chi connectivity index (χ3n) is 5.59. The van der Waals surface area contributed by atoms with Crippen LogP contribution in [0.4, 0.5) is 5.13 Å². The van der Waals surface area contributed by atoms with E-state index in [4.69, 9.17) is 27.9 Å². The number of rotatable bonds is 5. The van der Waals surface area contributed by atoms with Crippen molar-refractivity contribution in [2.24, 2.45) is 0 Å². The molecule has 0 saturated carbocycles. The first-order chi connectivity index (χ1) is 16.9. The SMILES string of the molecule is CCOc1ccc2nc(N3C(=O)C(=O)/C(=C(/O)c4ccc(Cl)cc4)C3c3cccc(Cl)c3)sc2c1. The number of hydrogen-bond acceptors (Lipinski definition) is 6. The molecule has 1 amide bonds. The van der Waals surface area contributed by atoms with Gasteiger partial charge in [0.2, 0.25) is 0 Å². The molecule has 0 bridgehead atoms. The van der Waals surface area contributed by atoms with Crippen molar-refractivity contribution in [2.75, 3.05) is 11.5 Å². The molecule has 0 radical (unpaired) electrons. The summed E-state index contributed by atoms with van der Waals surface area (Å²) in [6.07, 6.45) is 0. The number of benzene rings is 3. The van der Waals surface area contributed by atoms with E-state index in [0.29, 0.717) is 44.2 Å². The van der Waals surface area contributed by atoms with E-state index in [1.54, 1.807) is 60.7 Å². The molecule has 1 aliphatic heterocycles. The molecule has 35 heavy (non-hydrogen) atoms. The van der Waals surface area contributed by atoms with Gasteiger partial charge in [-0.2, -0.15) is 0 Å². The number of carbonyl (C=O) groups is 2. The Hall–Kier alpha value is -3.39. The van der Waals surface area contributed by atoms with Gasteiger partial charge in [-0.15, -0.1) is 0 Å². The molecule has 0 spiro atoms. The van der Waals surface area contributed by atoms with Gasteiger partial charge in [-0.1, -0.05) is 46.7 Å². The molecule has 1 N–H and O–H groups in total. The van der Waals surface area contributed by atoms with Crippen molar-refractivity contribution >= 4 is 67.3 Å². The number of carbonyl (C=O) groups excluding carboxylic acids is 2. The number of hydrogen-bond donors (Lipinski definition) is 1. The van der Waals surface area contributed by atoms with Gasteiger partial charge < -0.3 is 9.84 Å². The van der Waals surface area contributed by atoms with Crippen LogP contribution in [-0.4, -0.2) is 28.4 Å². The van der Waals surface area contributed by atoms with Crippen LogP contribution in [-0.2, 0) is 9.59 Å². The molecular formula is C26H18Cl2N2O4S. The highest BCUT2D eigenvalue weighted by Gasteiger charge is 2.48. The lowest BCUT2D eigenvalue weighted by Gasteiger charge is -2.23. The number of ether oxygens (including phenoxy) is 1. The highest BCUT2D eigenvalue weighted by molar-refractivity contribution is 7.22. The number of Topliss-reactive ketones (excluding diaryl/α,β-unsaturated/α-hetero) is 1. The smallest absolute Gasteiger partial charge is 0.301 e. The van der Waals surface area contributed by atoms with Gasteiger partial charge in [0.25, 0.3) is 5.78 Å². The Morgan fingerprint density at radius 3 is 2.54 bits per heavy atom. The molecule has 1 saturated heterocycles. The average molecular weight is 525 g/mol. The van der Waals surface area contributed by atoms with Gasteiger partial charge in [-0.25, -0.2) is 4.98 Å². The van der Waals surface area contributed by atoms with Crippen LogP contribution in [0, 0.1) is 0 Å².